The van der Waals surface area contributed by atoms with Crippen LogP contribution in [0.3, 0.4) is 0 Å². The minimum Gasteiger partial charge on any atom is -0.550 e. The molecule has 0 radical (unpaired) electrons. The van der Waals surface area contributed by atoms with Crippen LogP contribution < -0.4 is 60.8 Å². The maximum absolute atomic E-state index is 12.7. The summed E-state index contributed by atoms with van der Waals surface area (Å²) in [4.78, 5) is 10.0. The zero-order chi connectivity index (χ0) is 23.7. The summed E-state index contributed by atoms with van der Waals surface area (Å²) in [6, 6.07) is 14.8. The van der Waals surface area contributed by atoms with Crippen LogP contribution in [0.15, 0.2) is 47.4 Å². The van der Waals surface area contributed by atoms with Crippen LogP contribution >= 0.6 is 0 Å². The average Bonchev–Trinajstić information content (AvgIpc) is 2.69. The molecule has 172 valence electrons. The summed E-state index contributed by atoms with van der Waals surface area (Å²) < 4.78 is 33.3. The number of aliphatic hydroxyl groups is 1. The predicted octanol–water partition coefficient (Wildman–Crippen LogP) is 1.35. The van der Waals surface area contributed by atoms with Gasteiger partial charge in [0, 0.05) is 22.9 Å². The monoisotopic (exact) mass is 486 g/mol. The number of nitrogens with one attached hydrogen (secondary N) is 1. The van der Waals surface area contributed by atoms with Crippen LogP contribution in [0.25, 0.3) is 0 Å². The zero-order valence-electron chi connectivity index (χ0n) is 20.1. The standard InChI is InChI=1S/C18H22NO3S.C6H11O2.K/c1-5-22-16-11-6-7-12-17(16)23(20,21)19-15-10-8-9-14(13-15)18(2,3)4;1-5(2)6(3-7)4-8;/h7-13,19H,5H2,1-4H3;5-7H,3H2,1-2H3;/q2*-1;+1. The molecule has 0 fully saturated rings. The van der Waals surface area contributed by atoms with Crippen molar-refractivity contribution in [2.75, 3.05) is 17.9 Å². The number of hydrogen-bond acceptors (Lipinski definition) is 5. The molecule has 2 N–H and O–H groups in total. The fraction of sp³-hybridized carbons (Fsp3) is 0.458. The molecule has 32 heavy (non-hydrogen) atoms. The molecule has 8 heteroatoms. The summed E-state index contributed by atoms with van der Waals surface area (Å²) in [5.41, 5.74) is 1.54. The van der Waals surface area contributed by atoms with Crippen molar-refractivity contribution in [3.63, 3.8) is 0 Å². The molecular weight excluding hydrogens is 453 g/mol. The predicted molar refractivity (Wildman–Crippen MR) is 124 cm³/mol. The second-order valence-corrected chi connectivity index (χ2v) is 10.0. The Morgan fingerprint density at radius 1 is 1.22 bits per heavy atom. The first-order valence-electron chi connectivity index (χ1n) is 10.2. The number of hydrogen-bond donors (Lipinski definition) is 2. The third-order valence-corrected chi connectivity index (χ3v) is 5.93. The first kappa shape index (κ1) is 31.3. The summed E-state index contributed by atoms with van der Waals surface area (Å²) in [5, 5.41) is 8.43. The van der Waals surface area contributed by atoms with E-state index in [2.05, 4.69) is 31.6 Å². The number of carbonyl (C=O) groups excluding carboxylic acids is 1. The number of aliphatic hydroxyl groups excluding tert-OH is 1. The van der Waals surface area contributed by atoms with Crippen molar-refractivity contribution in [3.8, 4) is 5.75 Å². The minimum absolute atomic E-state index is 0. The van der Waals surface area contributed by atoms with Gasteiger partial charge in [0.05, 0.1) is 6.61 Å². The van der Waals surface area contributed by atoms with Crippen LogP contribution in [0, 0.1) is 17.9 Å². The maximum Gasteiger partial charge on any atom is 1.00 e. The fourth-order valence-corrected chi connectivity index (χ4v) is 3.71. The Hall–Kier alpha value is -0.744. The molecule has 2 aromatic rings. The van der Waals surface area contributed by atoms with Gasteiger partial charge >= 0.3 is 51.4 Å². The van der Waals surface area contributed by atoms with E-state index in [4.69, 9.17) is 9.84 Å². The van der Waals surface area contributed by atoms with E-state index in [9.17, 15) is 13.2 Å². The Labute approximate surface area is 235 Å². The van der Waals surface area contributed by atoms with Gasteiger partial charge in [0.15, 0.2) is 0 Å². The molecule has 2 rings (SSSR count). The van der Waals surface area contributed by atoms with E-state index in [1.807, 2.05) is 39.0 Å². The molecule has 0 aromatic heterocycles. The van der Waals surface area contributed by atoms with Gasteiger partial charge < -0.3 is 14.6 Å². The van der Waals surface area contributed by atoms with Gasteiger partial charge in [-0.2, -0.15) is 12.1 Å². The summed E-state index contributed by atoms with van der Waals surface area (Å²) >= 11 is 0. The van der Waals surface area contributed by atoms with Gasteiger partial charge in [-0.1, -0.05) is 52.7 Å². The Morgan fingerprint density at radius 2 is 1.88 bits per heavy atom. The van der Waals surface area contributed by atoms with Gasteiger partial charge in [-0.25, -0.2) is 8.42 Å². The number of ether oxygens (including phenoxy) is 1. The number of benzene rings is 2. The molecule has 0 heterocycles. The molecule has 0 spiro atoms. The zero-order valence-corrected chi connectivity index (χ0v) is 24.0. The van der Waals surface area contributed by atoms with Gasteiger partial charge in [0.2, 0.25) is 10.0 Å². The first-order valence-corrected chi connectivity index (χ1v) is 11.7. The molecule has 6 nitrogen and oxygen atoms in total. The fourth-order valence-electron chi connectivity index (χ4n) is 2.53. The summed E-state index contributed by atoms with van der Waals surface area (Å²) in [5.74, 6) is 0.210. The normalized spacial score (nSPS) is 12.1. The van der Waals surface area contributed by atoms with Crippen molar-refractivity contribution in [1.82, 2.24) is 0 Å². The molecule has 0 amide bonds. The van der Waals surface area contributed by atoms with Gasteiger partial charge in [-0.15, -0.1) is 18.1 Å². The van der Waals surface area contributed by atoms with Gasteiger partial charge in [-0.05, 0) is 30.0 Å². The quantitative estimate of drug-likeness (QED) is 0.434. The van der Waals surface area contributed by atoms with Crippen LogP contribution in [0.5, 0.6) is 5.75 Å². The van der Waals surface area contributed by atoms with Crippen LogP contribution in [0.1, 0.15) is 47.1 Å². The molecular formula is C24H33KNO5S-. The molecule has 1 atom stereocenters. The number of anilines is 1. The molecule has 0 aliphatic rings. The molecule has 0 saturated carbocycles. The van der Waals surface area contributed by atoms with Crippen molar-refractivity contribution < 1.29 is 74.4 Å². The first-order chi connectivity index (χ1) is 14.5. The van der Waals surface area contributed by atoms with Crippen molar-refractivity contribution in [1.29, 1.82) is 0 Å². The average molecular weight is 487 g/mol. The van der Waals surface area contributed by atoms with Crippen LogP contribution in [-0.2, 0) is 20.2 Å². The van der Waals surface area contributed by atoms with E-state index >= 15 is 0 Å². The van der Waals surface area contributed by atoms with E-state index in [0.29, 0.717) is 18.0 Å². The largest absolute Gasteiger partial charge is 1.00 e. The third kappa shape index (κ3) is 10.0. The SMILES string of the molecule is CC(C)C([C-]=O)CO.CCOc1c[c-]ccc1S(=O)(=O)Nc1cccc(C(C)(C)C)c1.[K+]. The summed E-state index contributed by atoms with van der Waals surface area (Å²) in [6.45, 7) is 12.1. The summed E-state index contributed by atoms with van der Waals surface area (Å²) in [7, 11) is -3.72. The van der Waals surface area contributed by atoms with E-state index in [-0.39, 0.29) is 80.1 Å². The smallest absolute Gasteiger partial charge is 0.550 e. The van der Waals surface area contributed by atoms with E-state index in [1.165, 1.54) is 12.1 Å². The topological polar surface area (TPSA) is 92.7 Å². The number of rotatable bonds is 8. The minimum atomic E-state index is -3.72. The molecule has 0 saturated heterocycles. The Bertz CT molecular complexity index is 939. The molecule has 2 aromatic carbocycles. The van der Waals surface area contributed by atoms with Gasteiger partial charge in [0.25, 0.3) is 0 Å². The summed E-state index contributed by atoms with van der Waals surface area (Å²) in [6.07, 6.45) is 1.75. The van der Waals surface area contributed by atoms with E-state index in [1.54, 1.807) is 18.4 Å². The molecule has 0 bridgehead atoms. The van der Waals surface area contributed by atoms with E-state index in [0.717, 1.165) is 5.56 Å². The van der Waals surface area contributed by atoms with Crippen LogP contribution in [0.4, 0.5) is 5.69 Å². The Kier molecular flexibility index (Phi) is 14.2. The second-order valence-electron chi connectivity index (χ2n) is 8.39. The van der Waals surface area contributed by atoms with Gasteiger partial charge in [0.1, 0.15) is 0 Å². The van der Waals surface area contributed by atoms with Crippen LogP contribution in [-0.4, -0.2) is 33.0 Å². The van der Waals surface area contributed by atoms with E-state index < -0.39 is 10.0 Å². The molecule has 0 aliphatic carbocycles. The Morgan fingerprint density at radius 3 is 2.34 bits per heavy atom. The maximum atomic E-state index is 12.7. The third-order valence-electron chi connectivity index (χ3n) is 4.51. The van der Waals surface area contributed by atoms with Crippen molar-refractivity contribution in [2.24, 2.45) is 11.8 Å². The van der Waals surface area contributed by atoms with Crippen molar-refractivity contribution >= 4 is 22.0 Å². The van der Waals surface area contributed by atoms with Gasteiger partial charge in [-0.3, -0.25) is 11.0 Å². The molecule has 0 aliphatic heterocycles. The number of sulfonamides is 1. The van der Waals surface area contributed by atoms with Crippen molar-refractivity contribution in [3.05, 3.63) is 54.1 Å². The van der Waals surface area contributed by atoms with Crippen LogP contribution in [0.2, 0.25) is 0 Å². The molecule has 1 unspecified atom stereocenters. The Balaban J connectivity index is 0.000000917. The van der Waals surface area contributed by atoms with Crippen molar-refractivity contribution in [2.45, 2.75) is 51.9 Å². The second kappa shape index (κ2) is 14.5.